The third-order valence-corrected chi connectivity index (χ3v) is 6.15. The monoisotopic (exact) mass is 310 g/mol. The molecule has 1 aromatic rings. The van der Waals surface area contributed by atoms with Gasteiger partial charge in [-0.05, 0) is 36.2 Å². The minimum Gasteiger partial charge on any atom is -0.274 e. The molecular formula is C17H14N2O4. The number of imide groups is 1. The van der Waals surface area contributed by atoms with E-state index in [9.17, 15) is 19.7 Å². The highest BCUT2D eigenvalue weighted by Crippen LogP contribution is 2.73. The van der Waals surface area contributed by atoms with Crippen LogP contribution in [0, 0.1) is 39.2 Å². The average molecular weight is 310 g/mol. The largest absolute Gasteiger partial charge is 0.274 e. The quantitative estimate of drug-likeness (QED) is 0.363. The van der Waals surface area contributed by atoms with E-state index in [-0.39, 0.29) is 46.6 Å². The lowest BCUT2D eigenvalue weighted by atomic mass is 9.85. The maximum absolute atomic E-state index is 12.9. The summed E-state index contributed by atoms with van der Waals surface area (Å²) >= 11 is 0. The van der Waals surface area contributed by atoms with E-state index in [1.165, 1.54) is 23.1 Å². The molecule has 0 N–H and O–H groups in total. The van der Waals surface area contributed by atoms with E-state index in [2.05, 4.69) is 12.2 Å². The smallest absolute Gasteiger partial charge is 0.271 e. The number of benzene rings is 1. The van der Waals surface area contributed by atoms with E-state index in [0.29, 0.717) is 5.69 Å². The zero-order valence-corrected chi connectivity index (χ0v) is 12.2. The van der Waals surface area contributed by atoms with E-state index in [4.69, 9.17) is 0 Å². The van der Waals surface area contributed by atoms with E-state index in [1.54, 1.807) is 6.07 Å². The molecule has 3 fully saturated rings. The Morgan fingerprint density at radius 2 is 1.70 bits per heavy atom. The first-order chi connectivity index (χ1) is 11.0. The molecule has 2 saturated carbocycles. The van der Waals surface area contributed by atoms with Gasteiger partial charge < -0.3 is 0 Å². The molecule has 23 heavy (non-hydrogen) atoms. The number of fused-ring (bicyclic) bond motifs is 3. The second kappa shape index (κ2) is 3.88. The van der Waals surface area contributed by atoms with Crippen LogP contribution in [0.1, 0.15) is 12.8 Å². The van der Waals surface area contributed by atoms with Crippen molar-refractivity contribution >= 4 is 23.2 Å². The fourth-order valence-electron chi connectivity index (χ4n) is 5.08. The number of nitro groups is 1. The minimum atomic E-state index is -0.514. The maximum Gasteiger partial charge on any atom is 0.271 e. The number of hydrogen-bond donors (Lipinski definition) is 0. The Morgan fingerprint density at radius 1 is 1.09 bits per heavy atom. The van der Waals surface area contributed by atoms with E-state index in [0.717, 1.165) is 12.8 Å². The molecule has 0 radical (unpaired) electrons. The van der Waals surface area contributed by atoms with Gasteiger partial charge in [0.1, 0.15) is 0 Å². The summed E-state index contributed by atoms with van der Waals surface area (Å²) in [5, 5.41) is 10.9. The van der Waals surface area contributed by atoms with Crippen molar-refractivity contribution < 1.29 is 14.5 Å². The molecule has 2 bridgehead atoms. The van der Waals surface area contributed by atoms with Crippen molar-refractivity contribution in [3.63, 3.8) is 0 Å². The molecule has 1 spiro atoms. The number of anilines is 1. The highest BCUT2D eigenvalue weighted by molar-refractivity contribution is 6.23. The lowest BCUT2D eigenvalue weighted by molar-refractivity contribution is -0.384. The van der Waals surface area contributed by atoms with Gasteiger partial charge >= 0.3 is 0 Å². The molecule has 4 aliphatic rings. The molecule has 5 rings (SSSR count). The van der Waals surface area contributed by atoms with Crippen LogP contribution in [0.3, 0.4) is 0 Å². The molecule has 4 atom stereocenters. The molecule has 3 aliphatic carbocycles. The molecule has 2 amide bonds. The summed E-state index contributed by atoms with van der Waals surface area (Å²) in [6.07, 6.45) is 6.42. The summed E-state index contributed by atoms with van der Waals surface area (Å²) < 4.78 is 0. The fourth-order valence-corrected chi connectivity index (χ4v) is 5.08. The first-order valence-electron chi connectivity index (χ1n) is 7.85. The van der Waals surface area contributed by atoms with Crippen molar-refractivity contribution in [3.05, 3.63) is 46.5 Å². The van der Waals surface area contributed by atoms with Crippen LogP contribution >= 0.6 is 0 Å². The third kappa shape index (κ3) is 1.39. The Balaban J connectivity index is 1.56. The zero-order valence-electron chi connectivity index (χ0n) is 12.2. The van der Waals surface area contributed by atoms with E-state index < -0.39 is 4.92 Å². The molecule has 116 valence electrons. The van der Waals surface area contributed by atoms with Crippen LogP contribution in [0.5, 0.6) is 0 Å². The van der Waals surface area contributed by atoms with Crippen LogP contribution in [-0.2, 0) is 9.59 Å². The van der Waals surface area contributed by atoms with Crippen molar-refractivity contribution in [1.29, 1.82) is 0 Å². The van der Waals surface area contributed by atoms with Crippen molar-refractivity contribution in [2.24, 2.45) is 29.1 Å². The Bertz CT molecular complexity index is 777. The lowest BCUT2D eigenvalue weighted by Gasteiger charge is -2.21. The van der Waals surface area contributed by atoms with Gasteiger partial charge in [0.25, 0.3) is 5.69 Å². The highest BCUT2D eigenvalue weighted by atomic mass is 16.6. The summed E-state index contributed by atoms with van der Waals surface area (Å²) in [4.78, 5) is 37.4. The van der Waals surface area contributed by atoms with Crippen molar-refractivity contribution in [2.45, 2.75) is 12.8 Å². The summed E-state index contributed by atoms with van der Waals surface area (Å²) in [6.45, 7) is 0. The molecule has 6 heteroatoms. The number of allylic oxidation sites excluding steroid dienone is 2. The van der Waals surface area contributed by atoms with Gasteiger partial charge in [-0.1, -0.05) is 18.2 Å². The summed E-state index contributed by atoms with van der Waals surface area (Å²) in [5.41, 5.74) is 0.364. The first kappa shape index (κ1) is 13.0. The standard InChI is InChI=1S/C17H14N2O4/c20-15-13-11-4-5-12(17(11)6-7-17)14(13)16(21)18(15)9-2-1-3-10(8-9)19(22)23/h1-5,8,11-14H,6-7H2/t11-,12-,13+,14+/m1/s1. The molecule has 1 aromatic carbocycles. The maximum atomic E-state index is 12.9. The molecular weight excluding hydrogens is 296 g/mol. The number of nitrogens with zero attached hydrogens (tertiary/aromatic N) is 2. The molecule has 1 aliphatic heterocycles. The van der Waals surface area contributed by atoms with Gasteiger partial charge in [-0.2, -0.15) is 0 Å². The van der Waals surface area contributed by atoms with Crippen LogP contribution in [0.2, 0.25) is 0 Å². The molecule has 1 heterocycles. The van der Waals surface area contributed by atoms with Crippen LogP contribution < -0.4 is 4.90 Å². The number of carbonyl (C=O) groups is 2. The number of nitro benzene ring substituents is 1. The van der Waals surface area contributed by atoms with Crippen LogP contribution in [0.25, 0.3) is 0 Å². The summed E-state index contributed by atoms with van der Waals surface area (Å²) in [7, 11) is 0. The van der Waals surface area contributed by atoms with Crippen molar-refractivity contribution in [1.82, 2.24) is 0 Å². The van der Waals surface area contributed by atoms with E-state index in [1.807, 2.05) is 0 Å². The Morgan fingerprint density at radius 3 is 2.22 bits per heavy atom. The number of amides is 2. The summed E-state index contributed by atoms with van der Waals surface area (Å²) in [6, 6.07) is 5.77. The fraction of sp³-hybridized carbons (Fsp3) is 0.412. The third-order valence-electron chi connectivity index (χ3n) is 6.15. The van der Waals surface area contributed by atoms with Crippen LogP contribution in [0.4, 0.5) is 11.4 Å². The van der Waals surface area contributed by atoms with Crippen LogP contribution in [0.15, 0.2) is 36.4 Å². The topological polar surface area (TPSA) is 80.5 Å². The normalized spacial score (nSPS) is 35.2. The van der Waals surface area contributed by atoms with Crippen molar-refractivity contribution in [2.75, 3.05) is 4.90 Å². The Kier molecular flexibility index (Phi) is 2.19. The predicted molar refractivity (Wildman–Crippen MR) is 80.4 cm³/mol. The van der Waals surface area contributed by atoms with Crippen molar-refractivity contribution in [3.8, 4) is 0 Å². The van der Waals surface area contributed by atoms with Gasteiger partial charge in [0.2, 0.25) is 11.8 Å². The van der Waals surface area contributed by atoms with Gasteiger partial charge in [-0.25, -0.2) is 4.90 Å². The second-order valence-corrected chi connectivity index (χ2v) is 7.01. The Labute approximate surface area is 131 Å². The van der Waals surface area contributed by atoms with Gasteiger partial charge in [0.15, 0.2) is 0 Å². The zero-order chi connectivity index (χ0) is 15.9. The minimum absolute atomic E-state index is 0.111. The van der Waals surface area contributed by atoms with Gasteiger partial charge in [-0.15, -0.1) is 0 Å². The van der Waals surface area contributed by atoms with E-state index >= 15 is 0 Å². The van der Waals surface area contributed by atoms with Crippen LogP contribution in [-0.4, -0.2) is 16.7 Å². The number of hydrogen-bond acceptors (Lipinski definition) is 4. The number of carbonyl (C=O) groups excluding carboxylic acids is 2. The first-order valence-corrected chi connectivity index (χ1v) is 7.85. The number of non-ortho nitro benzene ring substituents is 1. The molecule has 0 aromatic heterocycles. The highest BCUT2D eigenvalue weighted by Gasteiger charge is 2.73. The molecule has 6 nitrogen and oxygen atoms in total. The molecule has 1 saturated heterocycles. The number of rotatable bonds is 2. The van der Waals surface area contributed by atoms with Gasteiger partial charge in [-0.3, -0.25) is 19.7 Å². The predicted octanol–water partition coefficient (Wildman–Crippen LogP) is 2.30. The SMILES string of the molecule is O=C1[C@@H]2[C@@H](C(=O)N1c1cccc([N+](=O)[O-])c1)[C@H]1C=C[C@H]2C12CC2. The Hall–Kier alpha value is -2.50. The van der Waals surface area contributed by atoms with Gasteiger partial charge in [0, 0.05) is 12.1 Å². The summed E-state index contributed by atoms with van der Waals surface area (Å²) in [5.74, 6) is -0.610. The average Bonchev–Trinajstić information content (AvgIpc) is 3.13. The van der Waals surface area contributed by atoms with Gasteiger partial charge in [0.05, 0.1) is 22.4 Å². The second-order valence-electron chi connectivity index (χ2n) is 7.01. The molecule has 0 unspecified atom stereocenters. The lowest BCUT2D eigenvalue weighted by Crippen LogP contribution is -2.34.